The number of carbonyl (C=O) groups is 2. The molecular formula is C16H21BrN4O4. The smallest absolute Gasteiger partial charge is 0.414 e. The molecule has 0 aromatic carbocycles. The lowest BCUT2D eigenvalue weighted by atomic mass is 10.1. The molecule has 0 bridgehead atoms. The van der Waals surface area contributed by atoms with Crippen LogP contribution in [0.1, 0.15) is 41.0 Å². The summed E-state index contributed by atoms with van der Waals surface area (Å²) in [7, 11) is 0. The van der Waals surface area contributed by atoms with Gasteiger partial charge in [-0.3, -0.25) is 10.1 Å². The zero-order chi connectivity index (χ0) is 18.8. The minimum atomic E-state index is -1.04. The molecular weight excluding hydrogens is 392 g/mol. The fraction of sp³-hybridized carbons (Fsp3) is 0.500. The number of hydrogen-bond acceptors (Lipinski definition) is 6. The van der Waals surface area contributed by atoms with Gasteiger partial charge in [0.05, 0.1) is 10.9 Å². The van der Waals surface area contributed by atoms with Gasteiger partial charge in [0, 0.05) is 6.20 Å². The summed E-state index contributed by atoms with van der Waals surface area (Å²) >= 11 is 3.36. The molecule has 0 unspecified atom stereocenters. The first kappa shape index (κ1) is 19.2. The Morgan fingerprint density at radius 2 is 1.92 bits per heavy atom. The van der Waals surface area contributed by atoms with Crippen molar-refractivity contribution < 1.29 is 19.1 Å². The summed E-state index contributed by atoms with van der Waals surface area (Å²) in [5.74, 6) is -0.343. The Labute approximate surface area is 154 Å². The Hall–Kier alpha value is -2.16. The van der Waals surface area contributed by atoms with Crippen LogP contribution in [0.15, 0.2) is 22.8 Å². The van der Waals surface area contributed by atoms with Gasteiger partial charge in [-0.25, -0.2) is 9.31 Å². The quantitative estimate of drug-likeness (QED) is 0.771. The number of ether oxygens (including phenoxy) is 2. The van der Waals surface area contributed by atoms with Gasteiger partial charge in [0.15, 0.2) is 5.65 Å². The van der Waals surface area contributed by atoms with Crippen LogP contribution in [0.5, 0.6) is 0 Å². The van der Waals surface area contributed by atoms with E-state index in [-0.39, 0.29) is 12.4 Å². The van der Waals surface area contributed by atoms with Crippen LogP contribution in [0.25, 0.3) is 5.65 Å². The van der Waals surface area contributed by atoms with E-state index in [0.717, 1.165) is 4.47 Å². The van der Waals surface area contributed by atoms with Gasteiger partial charge >= 0.3 is 12.1 Å². The lowest BCUT2D eigenvalue weighted by molar-refractivity contribution is -0.159. The molecule has 9 heteroatoms. The maximum Gasteiger partial charge on any atom is 0.414 e. The largest absolute Gasteiger partial charge is 0.460 e. The third-order valence-electron chi connectivity index (χ3n) is 2.89. The van der Waals surface area contributed by atoms with Gasteiger partial charge in [-0.15, -0.1) is 5.10 Å². The van der Waals surface area contributed by atoms with E-state index in [0.29, 0.717) is 5.65 Å². The predicted molar refractivity (Wildman–Crippen MR) is 95.3 cm³/mol. The van der Waals surface area contributed by atoms with Crippen molar-refractivity contribution >= 4 is 39.6 Å². The van der Waals surface area contributed by atoms with E-state index in [2.05, 4.69) is 31.3 Å². The molecule has 0 atom stereocenters. The number of rotatable bonds is 4. The highest BCUT2D eigenvalue weighted by atomic mass is 79.9. The second-order valence-electron chi connectivity index (χ2n) is 7.10. The molecule has 0 saturated carbocycles. The van der Waals surface area contributed by atoms with Gasteiger partial charge in [-0.05, 0) is 62.7 Å². The summed E-state index contributed by atoms with van der Waals surface area (Å²) in [5.41, 5.74) is -1.07. The fourth-order valence-electron chi connectivity index (χ4n) is 2.06. The number of aromatic nitrogens is 3. The maximum atomic E-state index is 12.1. The van der Waals surface area contributed by atoms with Gasteiger partial charge in [0.2, 0.25) is 0 Å². The number of carbonyl (C=O) groups excluding carboxylic acids is 2. The number of nitrogens with zero attached hydrogens (tertiary/aromatic N) is 3. The Bertz CT molecular complexity index is 795. The minimum absolute atomic E-state index is 0.0676. The standard InChI is InChI=1S/C16H21BrN4O4/c1-15(2,3)24-11(22)9-16(4,5)25-14(23)19-13-18-12-10(17)7-6-8-21(12)20-13/h6-8H,9H2,1-5H3,(H,19,20,23). The lowest BCUT2D eigenvalue weighted by Gasteiger charge is -2.26. The van der Waals surface area contributed by atoms with E-state index < -0.39 is 23.3 Å². The summed E-state index contributed by atoms with van der Waals surface area (Å²) in [4.78, 5) is 28.2. The number of hydrogen-bond donors (Lipinski definition) is 1. The average Bonchev–Trinajstić information content (AvgIpc) is 2.78. The molecule has 2 aromatic heterocycles. The summed E-state index contributed by atoms with van der Waals surface area (Å²) < 4.78 is 12.8. The third kappa shape index (κ3) is 5.70. The molecule has 1 N–H and O–H groups in total. The van der Waals surface area contributed by atoms with Crippen molar-refractivity contribution in [3.05, 3.63) is 22.8 Å². The van der Waals surface area contributed by atoms with Crippen molar-refractivity contribution in [2.45, 2.75) is 52.2 Å². The van der Waals surface area contributed by atoms with Crippen molar-refractivity contribution in [1.82, 2.24) is 14.6 Å². The van der Waals surface area contributed by atoms with E-state index in [9.17, 15) is 9.59 Å². The van der Waals surface area contributed by atoms with Crippen molar-refractivity contribution in [3.63, 3.8) is 0 Å². The highest BCUT2D eigenvalue weighted by Gasteiger charge is 2.30. The van der Waals surface area contributed by atoms with Gasteiger partial charge < -0.3 is 9.47 Å². The Morgan fingerprint density at radius 1 is 1.24 bits per heavy atom. The third-order valence-corrected chi connectivity index (χ3v) is 3.51. The van der Waals surface area contributed by atoms with Gasteiger partial charge in [-0.2, -0.15) is 4.98 Å². The average molecular weight is 413 g/mol. The van der Waals surface area contributed by atoms with Crippen LogP contribution in [-0.4, -0.2) is 37.9 Å². The van der Waals surface area contributed by atoms with Crippen LogP contribution in [0.4, 0.5) is 10.7 Å². The van der Waals surface area contributed by atoms with Crippen molar-refractivity contribution in [2.75, 3.05) is 5.32 Å². The first-order chi connectivity index (χ1) is 11.5. The molecule has 0 aliphatic carbocycles. The number of anilines is 1. The second kappa shape index (κ2) is 6.99. The monoisotopic (exact) mass is 412 g/mol. The van der Waals surface area contributed by atoms with Crippen molar-refractivity contribution in [1.29, 1.82) is 0 Å². The molecule has 0 saturated heterocycles. The van der Waals surface area contributed by atoms with Crippen molar-refractivity contribution in [3.8, 4) is 0 Å². The lowest BCUT2D eigenvalue weighted by Crippen LogP contribution is -2.35. The highest BCUT2D eigenvalue weighted by molar-refractivity contribution is 9.10. The van der Waals surface area contributed by atoms with Crippen LogP contribution in [0.2, 0.25) is 0 Å². The molecule has 25 heavy (non-hydrogen) atoms. The molecule has 2 aromatic rings. The number of pyridine rings is 1. The van der Waals surface area contributed by atoms with Crippen molar-refractivity contribution in [2.24, 2.45) is 0 Å². The highest BCUT2D eigenvalue weighted by Crippen LogP contribution is 2.20. The van der Waals surface area contributed by atoms with Crippen LogP contribution in [-0.2, 0) is 14.3 Å². The predicted octanol–water partition coefficient (Wildman–Crippen LogP) is 3.55. The van der Waals surface area contributed by atoms with Crippen LogP contribution >= 0.6 is 15.9 Å². The van der Waals surface area contributed by atoms with E-state index >= 15 is 0 Å². The fourth-order valence-corrected chi connectivity index (χ4v) is 2.48. The minimum Gasteiger partial charge on any atom is -0.460 e. The zero-order valence-corrected chi connectivity index (χ0v) is 16.4. The SMILES string of the molecule is CC(C)(C)OC(=O)CC(C)(C)OC(=O)Nc1nc2c(Br)cccn2n1. The normalized spacial score (nSPS) is 12.1. The Balaban J connectivity index is 1.98. The first-order valence-corrected chi connectivity index (χ1v) is 8.47. The molecule has 1 amide bonds. The second-order valence-corrected chi connectivity index (χ2v) is 7.95. The topological polar surface area (TPSA) is 94.8 Å². The van der Waals surface area contributed by atoms with Gasteiger partial charge in [-0.1, -0.05) is 0 Å². The van der Waals surface area contributed by atoms with E-state index in [1.54, 1.807) is 46.9 Å². The molecule has 8 nitrogen and oxygen atoms in total. The molecule has 0 spiro atoms. The van der Waals surface area contributed by atoms with E-state index in [1.807, 2.05) is 6.07 Å². The number of nitrogens with one attached hydrogen (secondary N) is 1. The Kier molecular flexibility index (Phi) is 5.36. The van der Waals surface area contributed by atoms with Crippen LogP contribution in [0, 0.1) is 0 Å². The number of fused-ring (bicyclic) bond motifs is 1. The molecule has 0 aliphatic rings. The molecule has 0 aliphatic heterocycles. The first-order valence-electron chi connectivity index (χ1n) is 7.68. The van der Waals surface area contributed by atoms with Crippen LogP contribution < -0.4 is 5.32 Å². The maximum absolute atomic E-state index is 12.1. The van der Waals surface area contributed by atoms with E-state index in [4.69, 9.17) is 9.47 Å². The summed E-state index contributed by atoms with van der Waals surface area (Å²) in [6.07, 6.45) is 0.887. The summed E-state index contributed by atoms with van der Waals surface area (Å²) in [5, 5.41) is 6.58. The number of halogens is 1. The number of esters is 1. The zero-order valence-electron chi connectivity index (χ0n) is 14.8. The van der Waals surface area contributed by atoms with E-state index in [1.165, 1.54) is 4.52 Å². The Morgan fingerprint density at radius 3 is 2.52 bits per heavy atom. The van der Waals surface area contributed by atoms with Gasteiger partial charge in [0.25, 0.3) is 5.95 Å². The molecule has 2 heterocycles. The molecule has 0 fully saturated rings. The summed E-state index contributed by atoms with van der Waals surface area (Å²) in [6, 6.07) is 3.61. The molecule has 0 radical (unpaired) electrons. The molecule has 2 rings (SSSR count). The summed E-state index contributed by atoms with van der Waals surface area (Å²) in [6.45, 7) is 8.59. The molecule has 136 valence electrons. The number of amides is 1. The van der Waals surface area contributed by atoms with Crippen LogP contribution in [0.3, 0.4) is 0 Å². The van der Waals surface area contributed by atoms with Gasteiger partial charge in [0.1, 0.15) is 11.2 Å².